The second kappa shape index (κ2) is 3.36. The Hall–Kier alpha value is -0.840. The third-order valence-corrected chi connectivity index (χ3v) is 1.19. The van der Waals surface area contributed by atoms with Crippen LogP contribution in [0.3, 0.4) is 0 Å². The molecule has 0 aliphatic carbocycles. The molecule has 0 aliphatic heterocycles. The minimum atomic E-state index is -2.78. The first-order chi connectivity index (χ1) is 4.48. The minimum Gasteiger partial charge on any atom is -0.202 e. The van der Waals surface area contributed by atoms with Crippen molar-refractivity contribution in [1.82, 2.24) is 0 Å². The quantitative estimate of drug-likeness (QED) is 0.422. The molecule has 0 aromatic heterocycles. The van der Waals surface area contributed by atoms with Gasteiger partial charge in [0, 0.05) is 13.3 Å². The van der Waals surface area contributed by atoms with Crippen LogP contribution in [0.25, 0.3) is 0 Å². The molecular weight excluding hydrogens is 134 g/mol. The van der Waals surface area contributed by atoms with E-state index in [0.717, 1.165) is 6.92 Å². The van der Waals surface area contributed by atoms with Crippen molar-refractivity contribution >= 4 is 0 Å². The summed E-state index contributed by atoms with van der Waals surface area (Å²) in [6, 6.07) is 0. The van der Waals surface area contributed by atoms with Gasteiger partial charge in [-0.05, 0) is 12.0 Å². The van der Waals surface area contributed by atoms with Crippen molar-refractivity contribution in [3.8, 4) is 12.3 Å². The summed E-state index contributed by atoms with van der Waals surface area (Å²) in [6.45, 7) is 4.04. The van der Waals surface area contributed by atoms with Gasteiger partial charge in [-0.3, -0.25) is 0 Å². The minimum absolute atomic E-state index is 0.0922. The Labute approximate surface area is 59.9 Å². The molecule has 0 fully saturated rings. The number of alkyl halides is 2. The van der Waals surface area contributed by atoms with Crippen molar-refractivity contribution in [3.63, 3.8) is 0 Å². The Morgan fingerprint density at radius 2 is 2.20 bits per heavy atom. The molecule has 0 nitrogen and oxygen atoms in total. The predicted octanol–water partition coefficient (Wildman–Crippen LogP) is 2.61. The van der Waals surface area contributed by atoms with Crippen molar-refractivity contribution in [1.29, 1.82) is 0 Å². The van der Waals surface area contributed by atoms with E-state index < -0.39 is 5.92 Å². The Kier molecular flexibility index (Phi) is 3.08. The monoisotopic (exact) mass is 144 g/mol. The molecule has 0 saturated carbocycles. The maximum absolute atomic E-state index is 12.3. The molecule has 0 unspecified atom stereocenters. The Morgan fingerprint density at radius 3 is 2.50 bits per heavy atom. The lowest BCUT2D eigenvalue weighted by atomic mass is 10.1. The van der Waals surface area contributed by atoms with Gasteiger partial charge in [-0.25, -0.2) is 8.78 Å². The average molecular weight is 144 g/mol. The van der Waals surface area contributed by atoms with E-state index in [1.54, 1.807) is 0 Å². The molecule has 0 atom stereocenters. The van der Waals surface area contributed by atoms with Gasteiger partial charge in [0.15, 0.2) is 0 Å². The summed E-state index contributed by atoms with van der Waals surface area (Å²) < 4.78 is 24.5. The smallest absolute Gasteiger partial charge is 0.202 e. The molecule has 0 N–H and O–H groups in total. The van der Waals surface area contributed by atoms with Crippen molar-refractivity contribution in [2.24, 2.45) is 0 Å². The molecule has 0 aromatic carbocycles. The molecule has 0 aliphatic rings. The number of hydrogen-bond acceptors (Lipinski definition) is 0. The SMILES string of the molecule is C#CCCC(=C)C(C)(F)F. The number of rotatable bonds is 3. The molecule has 0 radical (unpaired) electrons. The Balaban J connectivity index is 3.78. The third-order valence-electron chi connectivity index (χ3n) is 1.19. The zero-order chi connectivity index (χ0) is 8.20. The summed E-state index contributed by atoms with van der Waals surface area (Å²) in [7, 11) is 0. The van der Waals surface area contributed by atoms with Crippen LogP contribution in [0.5, 0.6) is 0 Å². The first-order valence-corrected chi connectivity index (χ1v) is 2.98. The van der Waals surface area contributed by atoms with Crippen LogP contribution >= 0.6 is 0 Å². The normalized spacial score (nSPS) is 10.6. The van der Waals surface area contributed by atoms with Crippen LogP contribution in [0.4, 0.5) is 8.78 Å². The molecule has 0 heterocycles. The molecule has 0 spiro atoms. The lowest BCUT2D eigenvalue weighted by Gasteiger charge is -2.11. The number of allylic oxidation sites excluding steroid dienone is 1. The summed E-state index contributed by atoms with van der Waals surface area (Å²) in [5, 5.41) is 0. The van der Waals surface area contributed by atoms with E-state index in [1.807, 2.05) is 0 Å². The third kappa shape index (κ3) is 3.24. The Morgan fingerprint density at radius 1 is 1.70 bits per heavy atom. The molecule has 0 bridgehead atoms. The second-order valence-electron chi connectivity index (χ2n) is 2.20. The van der Waals surface area contributed by atoms with Gasteiger partial charge < -0.3 is 0 Å². The van der Waals surface area contributed by atoms with E-state index >= 15 is 0 Å². The maximum Gasteiger partial charge on any atom is 0.266 e. The lowest BCUT2D eigenvalue weighted by molar-refractivity contribution is 0.0604. The van der Waals surface area contributed by atoms with E-state index in [1.165, 1.54) is 0 Å². The van der Waals surface area contributed by atoms with Crippen LogP contribution in [0.1, 0.15) is 19.8 Å². The van der Waals surface area contributed by atoms with Crippen LogP contribution in [0, 0.1) is 12.3 Å². The van der Waals surface area contributed by atoms with Gasteiger partial charge >= 0.3 is 0 Å². The molecule has 0 rings (SSSR count). The molecular formula is C8H10F2. The van der Waals surface area contributed by atoms with Crippen molar-refractivity contribution < 1.29 is 8.78 Å². The standard InChI is InChI=1S/C8H10F2/c1-4-5-6-7(2)8(3,9)10/h1H,2,5-6H2,3H3. The predicted molar refractivity (Wildman–Crippen MR) is 37.8 cm³/mol. The summed E-state index contributed by atoms with van der Waals surface area (Å²) in [6.07, 6.45) is 5.43. The van der Waals surface area contributed by atoms with Crippen LogP contribution < -0.4 is 0 Å². The highest BCUT2D eigenvalue weighted by Gasteiger charge is 2.24. The fraction of sp³-hybridized carbons (Fsp3) is 0.500. The zero-order valence-electron chi connectivity index (χ0n) is 5.95. The topological polar surface area (TPSA) is 0 Å². The number of hydrogen-bond donors (Lipinski definition) is 0. The lowest BCUT2D eigenvalue weighted by Crippen LogP contribution is -2.12. The molecule has 56 valence electrons. The Bertz CT molecular complexity index is 157. The fourth-order valence-corrected chi connectivity index (χ4v) is 0.443. The largest absolute Gasteiger partial charge is 0.266 e. The maximum atomic E-state index is 12.3. The summed E-state index contributed by atoms with van der Waals surface area (Å²) in [4.78, 5) is 0. The van der Waals surface area contributed by atoms with E-state index in [9.17, 15) is 8.78 Å². The zero-order valence-corrected chi connectivity index (χ0v) is 5.95. The van der Waals surface area contributed by atoms with Gasteiger partial charge in [-0.2, -0.15) is 0 Å². The summed E-state index contributed by atoms with van der Waals surface area (Å²) in [5.74, 6) is -0.504. The van der Waals surface area contributed by atoms with Crippen LogP contribution in [0.2, 0.25) is 0 Å². The van der Waals surface area contributed by atoms with Crippen molar-refractivity contribution in [2.75, 3.05) is 0 Å². The highest BCUT2D eigenvalue weighted by Crippen LogP contribution is 2.24. The number of halogens is 2. The van der Waals surface area contributed by atoms with E-state index in [4.69, 9.17) is 6.42 Å². The van der Waals surface area contributed by atoms with Crippen molar-refractivity contribution in [2.45, 2.75) is 25.7 Å². The summed E-state index contributed by atoms with van der Waals surface area (Å²) >= 11 is 0. The van der Waals surface area contributed by atoms with Crippen molar-refractivity contribution in [3.05, 3.63) is 12.2 Å². The highest BCUT2D eigenvalue weighted by atomic mass is 19.3. The van der Waals surface area contributed by atoms with Gasteiger partial charge in [0.2, 0.25) is 0 Å². The van der Waals surface area contributed by atoms with E-state index in [-0.39, 0.29) is 12.0 Å². The van der Waals surface area contributed by atoms with E-state index in [0.29, 0.717) is 6.42 Å². The first-order valence-electron chi connectivity index (χ1n) is 2.98. The molecule has 0 amide bonds. The van der Waals surface area contributed by atoms with Gasteiger partial charge in [0.1, 0.15) is 0 Å². The molecule has 10 heavy (non-hydrogen) atoms. The number of terminal acetylenes is 1. The van der Waals surface area contributed by atoms with Crippen LogP contribution in [-0.2, 0) is 0 Å². The van der Waals surface area contributed by atoms with Gasteiger partial charge in [0.25, 0.3) is 5.92 Å². The van der Waals surface area contributed by atoms with Crippen LogP contribution in [-0.4, -0.2) is 5.92 Å². The molecule has 2 heteroatoms. The molecule has 0 aromatic rings. The second-order valence-corrected chi connectivity index (χ2v) is 2.20. The van der Waals surface area contributed by atoms with Gasteiger partial charge in [-0.1, -0.05) is 6.58 Å². The highest BCUT2D eigenvalue weighted by molar-refractivity contribution is 5.07. The van der Waals surface area contributed by atoms with Crippen LogP contribution in [0.15, 0.2) is 12.2 Å². The van der Waals surface area contributed by atoms with Gasteiger partial charge in [-0.15, -0.1) is 12.3 Å². The average Bonchev–Trinajstić information content (AvgIpc) is 1.80. The summed E-state index contributed by atoms with van der Waals surface area (Å²) in [5.41, 5.74) is -0.0922. The van der Waals surface area contributed by atoms with E-state index in [2.05, 4.69) is 12.5 Å². The first kappa shape index (κ1) is 9.16. The van der Waals surface area contributed by atoms with Gasteiger partial charge in [0.05, 0.1) is 0 Å². The fourth-order valence-electron chi connectivity index (χ4n) is 0.443. The molecule has 0 saturated heterocycles.